The number of pyridine rings is 1. The van der Waals surface area contributed by atoms with Gasteiger partial charge >= 0.3 is 6.01 Å². The second-order valence-corrected chi connectivity index (χ2v) is 6.21. The monoisotopic (exact) mass is 386 g/mol. The molecule has 0 amide bonds. The molecule has 4 aromatic rings. The number of nitriles is 1. The van der Waals surface area contributed by atoms with Crippen molar-refractivity contribution in [3.63, 3.8) is 0 Å². The number of fused-ring (bicyclic) bond motifs is 1. The molecule has 0 saturated heterocycles. The highest BCUT2D eigenvalue weighted by molar-refractivity contribution is 5.77. The van der Waals surface area contributed by atoms with E-state index in [0.29, 0.717) is 23.8 Å². The fraction of sp³-hybridized carbons (Fsp3) is 0.143. The van der Waals surface area contributed by atoms with E-state index in [9.17, 15) is 0 Å². The molecule has 4 rings (SSSR count). The minimum Gasteiger partial charge on any atom is -0.489 e. The zero-order chi connectivity index (χ0) is 20.2. The van der Waals surface area contributed by atoms with E-state index in [1.807, 2.05) is 41.9 Å². The van der Waals surface area contributed by atoms with Gasteiger partial charge in [0.25, 0.3) is 0 Å². The van der Waals surface area contributed by atoms with E-state index in [2.05, 4.69) is 26.3 Å². The highest BCUT2D eigenvalue weighted by Gasteiger charge is 2.13. The average molecular weight is 386 g/mol. The van der Waals surface area contributed by atoms with Gasteiger partial charge in [-0.1, -0.05) is 0 Å². The van der Waals surface area contributed by atoms with Crippen LogP contribution in [0.4, 0.5) is 5.82 Å². The van der Waals surface area contributed by atoms with Crippen molar-refractivity contribution in [1.29, 1.82) is 5.26 Å². The molecule has 29 heavy (non-hydrogen) atoms. The summed E-state index contributed by atoms with van der Waals surface area (Å²) in [5, 5.41) is 12.3. The number of imidazole rings is 1. The van der Waals surface area contributed by atoms with Gasteiger partial charge < -0.3 is 14.8 Å². The number of hydrogen-bond acceptors (Lipinski definition) is 7. The summed E-state index contributed by atoms with van der Waals surface area (Å²) in [6, 6.07) is 13.7. The van der Waals surface area contributed by atoms with Crippen molar-refractivity contribution in [3.8, 4) is 29.1 Å². The molecule has 144 valence electrons. The summed E-state index contributed by atoms with van der Waals surface area (Å²) in [6.07, 6.45) is 5.18. The van der Waals surface area contributed by atoms with Crippen LogP contribution in [0, 0.1) is 11.3 Å². The van der Waals surface area contributed by atoms with Crippen LogP contribution in [-0.4, -0.2) is 33.5 Å². The predicted octanol–water partition coefficient (Wildman–Crippen LogP) is 3.29. The van der Waals surface area contributed by atoms with Crippen molar-refractivity contribution in [3.05, 3.63) is 66.1 Å². The molecule has 8 heteroatoms. The Balaban J connectivity index is 1.55. The van der Waals surface area contributed by atoms with Crippen LogP contribution in [0.15, 0.2) is 55.0 Å². The molecular weight excluding hydrogens is 368 g/mol. The third kappa shape index (κ3) is 3.66. The fourth-order valence-corrected chi connectivity index (χ4v) is 2.95. The molecule has 0 fully saturated rings. The van der Waals surface area contributed by atoms with Crippen LogP contribution < -0.4 is 14.8 Å². The number of aromatic nitrogens is 4. The maximum atomic E-state index is 9.11. The van der Waals surface area contributed by atoms with Gasteiger partial charge in [-0.2, -0.15) is 5.26 Å². The Labute approximate surface area is 167 Å². The third-order valence-corrected chi connectivity index (χ3v) is 4.39. The highest BCUT2D eigenvalue weighted by atomic mass is 16.5. The molecule has 0 bridgehead atoms. The van der Waals surface area contributed by atoms with Crippen LogP contribution in [0.5, 0.6) is 11.8 Å². The van der Waals surface area contributed by atoms with Gasteiger partial charge in [-0.05, 0) is 36.4 Å². The van der Waals surface area contributed by atoms with E-state index in [1.54, 1.807) is 24.5 Å². The van der Waals surface area contributed by atoms with E-state index < -0.39 is 0 Å². The number of rotatable bonds is 6. The predicted molar refractivity (Wildman–Crippen MR) is 108 cm³/mol. The minimum atomic E-state index is 0.327. The summed E-state index contributed by atoms with van der Waals surface area (Å²) in [4.78, 5) is 12.8. The number of benzene rings is 1. The van der Waals surface area contributed by atoms with Crippen molar-refractivity contribution in [2.45, 2.75) is 6.61 Å². The van der Waals surface area contributed by atoms with E-state index in [4.69, 9.17) is 14.7 Å². The molecule has 0 radical (unpaired) electrons. The lowest BCUT2D eigenvalue weighted by Gasteiger charge is -2.08. The summed E-state index contributed by atoms with van der Waals surface area (Å²) in [7, 11) is 3.37. The van der Waals surface area contributed by atoms with Gasteiger partial charge in [0, 0.05) is 36.8 Å². The molecule has 0 aliphatic carbocycles. The highest BCUT2D eigenvalue weighted by Crippen LogP contribution is 2.30. The SMILES string of the molecule is CNc1c(-c2ccc(OCc3cnc(OC)nc3)cc2)nc2cc(C#N)ccn12. The molecule has 0 atom stereocenters. The van der Waals surface area contributed by atoms with Crippen LogP contribution >= 0.6 is 0 Å². The maximum absolute atomic E-state index is 9.11. The van der Waals surface area contributed by atoms with E-state index in [-0.39, 0.29) is 0 Å². The summed E-state index contributed by atoms with van der Waals surface area (Å²) in [5.41, 5.74) is 3.88. The zero-order valence-electron chi connectivity index (χ0n) is 16.0. The van der Waals surface area contributed by atoms with Crippen molar-refractivity contribution >= 4 is 11.5 Å². The van der Waals surface area contributed by atoms with Crippen molar-refractivity contribution in [2.24, 2.45) is 0 Å². The van der Waals surface area contributed by atoms with Crippen LogP contribution in [0.2, 0.25) is 0 Å². The number of anilines is 1. The number of hydrogen-bond donors (Lipinski definition) is 1. The Kier molecular flexibility index (Phi) is 4.95. The first kappa shape index (κ1) is 18.3. The zero-order valence-corrected chi connectivity index (χ0v) is 16.0. The molecule has 3 aromatic heterocycles. The Hall–Kier alpha value is -4.12. The first-order chi connectivity index (χ1) is 14.2. The smallest absolute Gasteiger partial charge is 0.316 e. The second kappa shape index (κ2) is 7.86. The number of ether oxygens (including phenoxy) is 2. The summed E-state index contributed by atoms with van der Waals surface area (Å²) in [6.45, 7) is 0.358. The molecule has 0 unspecified atom stereocenters. The minimum absolute atomic E-state index is 0.327. The molecule has 8 nitrogen and oxygen atoms in total. The van der Waals surface area contributed by atoms with Crippen molar-refractivity contribution in [2.75, 3.05) is 19.5 Å². The van der Waals surface area contributed by atoms with Gasteiger partial charge in [-0.15, -0.1) is 0 Å². The van der Waals surface area contributed by atoms with Gasteiger partial charge in [0.05, 0.1) is 18.7 Å². The Morgan fingerprint density at radius 2 is 1.90 bits per heavy atom. The molecule has 1 aromatic carbocycles. The number of nitrogens with one attached hydrogen (secondary N) is 1. The lowest BCUT2D eigenvalue weighted by atomic mass is 10.1. The second-order valence-electron chi connectivity index (χ2n) is 6.21. The van der Waals surface area contributed by atoms with Crippen LogP contribution in [0.25, 0.3) is 16.9 Å². The van der Waals surface area contributed by atoms with Gasteiger partial charge in [0.15, 0.2) is 0 Å². The fourth-order valence-electron chi connectivity index (χ4n) is 2.95. The molecule has 1 N–H and O–H groups in total. The molecule has 0 aliphatic rings. The van der Waals surface area contributed by atoms with Crippen LogP contribution in [0.1, 0.15) is 11.1 Å². The summed E-state index contributed by atoms with van der Waals surface area (Å²) < 4.78 is 12.7. The molecule has 0 aliphatic heterocycles. The average Bonchev–Trinajstić information content (AvgIpc) is 3.16. The maximum Gasteiger partial charge on any atom is 0.316 e. The molecule has 3 heterocycles. The van der Waals surface area contributed by atoms with Crippen molar-refractivity contribution < 1.29 is 9.47 Å². The van der Waals surface area contributed by atoms with Crippen LogP contribution in [-0.2, 0) is 6.61 Å². The Morgan fingerprint density at radius 1 is 1.14 bits per heavy atom. The van der Waals surface area contributed by atoms with Gasteiger partial charge in [0.2, 0.25) is 0 Å². The summed E-state index contributed by atoms with van der Waals surface area (Å²) in [5.74, 6) is 1.58. The number of nitrogens with zero attached hydrogens (tertiary/aromatic N) is 5. The first-order valence-corrected chi connectivity index (χ1v) is 8.90. The molecule has 0 spiro atoms. The quantitative estimate of drug-likeness (QED) is 0.543. The summed E-state index contributed by atoms with van der Waals surface area (Å²) >= 11 is 0. The lowest BCUT2D eigenvalue weighted by molar-refractivity contribution is 0.304. The van der Waals surface area contributed by atoms with Crippen LogP contribution in [0.3, 0.4) is 0 Å². The van der Waals surface area contributed by atoms with E-state index >= 15 is 0 Å². The normalized spacial score (nSPS) is 10.5. The van der Waals surface area contributed by atoms with Crippen molar-refractivity contribution in [1.82, 2.24) is 19.4 Å². The van der Waals surface area contributed by atoms with Gasteiger partial charge in [-0.25, -0.2) is 15.0 Å². The van der Waals surface area contributed by atoms with Gasteiger partial charge in [-0.3, -0.25) is 4.40 Å². The Bertz CT molecular complexity index is 1180. The van der Waals surface area contributed by atoms with Gasteiger partial charge in [0.1, 0.15) is 29.5 Å². The first-order valence-electron chi connectivity index (χ1n) is 8.90. The lowest BCUT2D eigenvalue weighted by Crippen LogP contribution is -1.99. The molecule has 0 saturated carbocycles. The standard InChI is InChI=1S/C21H18N6O2/c1-23-20-19(26-18-9-14(10-22)7-8-27(18)20)16-3-5-17(6-4-16)29-13-15-11-24-21(28-2)25-12-15/h3-9,11-12,23H,13H2,1-2H3. The Morgan fingerprint density at radius 3 is 2.55 bits per heavy atom. The van der Waals surface area contributed by atoms with E-state index in [1.165, 1.54) is 7.11 Å². The topological polar surface area (TPSA) is 97.4 Å². The largest absolute Gasteiger partial charge is 0.489 e. The third-order valence-electron chi connectivity index (χ3n) is 4.39. The van der Waals surface area contributed by atoms with E-state index in [0.717, 1.165) is 28.4 Å². The molecular formula is C21H18N6O2. The number of methoxy groups -OCH3 is 1.